The molecule has 0 aromatic rings. The maximum atomic E-state index is 5.43. The molecule has 1 N–H and O–H groups in total. The molecular weight excluding hydrogens is 210 g/mol. The fourth-order valence-corrected chi connectivity index (χ4v) is 3.61. The molecule has 0 aromatic heterocycles. The normalized spacial score (nSPS) is 33.5. The topological polar surface area (TPSA) is 21.3 Å². The van der Waals surface area contributed by atoms with E-state index in [1.807, 2.05) is 7.11 Å². The average Bonchev–Trinajstić information content (AvgIpc) is 2.40. The Morgan fingerprint density at radius 1 is 0.941 bits per heavy atom. The first kappa shape index (κ1) is 13.4. The van der Waals surface area contributed by atoms with Crippen LogP contribution in [0.4, 0.5) is 0 Å². The largest absolute Gasteiger partial charge is 0.381 e. The maximum Gasteiger partial charge on any atom is 0.0572 e. The summed E-state index contributed by atoms with van der Waals surface area (Å²) in [5.41, 5.74) is 0. The van der Waals surface area contributed by atoms with Crippen molar-refractivity contribution in [1.82, 2.24) is 5.32 Å². The van der Waals surface area contributed by atoms with Gasteiger partial charge in [-0.2, -0.15) is 0 Å². The number of rotatable bonds is 4. The molecule has 2 saturated carbocycles. The monoisotopic (exact) mass is 239 g/mol. The lowest BCUT2D eigenvalue weighted by Gasteiger charge is -2.34. The number of ether oxygens (including phenoxy) is 1. The number of hydrogen-bond donors (Lipinski definition) is 1. The molecule has 0 saturated heterocycles. The second-order valence-electron chi connectivity index (χ2n) is 6.06. The Kier molecular flexibility index (Phi) is 5.30. The SMILES string of the molecule is COC1CCC(NC(C)C2CCCCC2)CC1. The van der Waals surface area contributed by atoms with Crippen molar-refractivity contribution in [3.8, 4) is 0 Å². The molecule has 0 bridgehead atoms. The highest BCUT2D eigenvalue weighted by Crippen LogP contribution is 2.28. The number of nitrogens with one attached hydrogen (secondary N) is 1. The van der Waals surface area contributed by atoms with Crippen molar-refractivity contribution in [2.45, 2.75) is 82.9 Å². The van der Waals surface area contributed by atoms with Crippen molar-refractivity contribution in [2.75, 3.05) is 7.11 Å². The van der Waals surface area contributed by atoms with Crippen LogP contribution in [0.25, 0.3) is 0 Å². The van der Waals surface area contributed by atoms with E-state index in [-0.39, 0.29) is 0 Å². The first-order chi connectivity index (χ1) is 8.29. The van der Waals surface area contributed by atoms with Crippen LogP contribution in [0.2, 0.25) is 0 Å². The Morgan fingerprint density at radius 2 is 1.59 bits per heavy atom. The summed E-state index contributed by atoms with van der Waals surface area (Å²) in [4.78, 5) is 0. The fourth-order valence-electron chi connectivity index (χ4n) is 3.61. The predicted octanol–water partition coefficient (Wildman–Crippen LogP) is 3.50. The quantitative estimate of drug-likeness (QED) is 0.810. The van der Waals surface area contributed by atoms with Gasteiger partial charge in [-0.25, -0.2) is 0 Å². The lowest BCUT2D eigenvalue weighted by Crippen LogP contribution is -2.44. The van der Waals surface area contributed by atoms with E-state index in [1.54, 1.807) is 0 Å². The summed E-state index contributed by atoms with van der Waals surface area (Å²) in [6.07, 6.45) is 12.9. The molecule has 17 heavy (non-hydrogen) atoms. The highest BCUT2D eigenvalue weighted by atomic mass is 16.5. The van der Waals surface area contributed by atoms with E-state index in [9.17, 15) is 0 Å². The molecule has 2 heteroatoms. The van der Waals surface area contributed by atoms with Crippen LogP contribution in [-0.2, 0) is 4.74 Å². The number of hydrogen-bond acceptors (Lipinski definition) is 2. The highest BCUT2D eigenvalue weighted by Gasteiger charge is 2.25. The van der Waals surface area contributed by atoms with Crippen LogP contribution < -0.4 is 5.32 Å². The molecule has 1 atom stereocenters. The predicted molar refractivity (Wildman–Crippen MR) is 72.2 cm³/mol. The summed E-state index contributed by atoms with van der Waals surface area (Å²) < 4.78 is 5.43. The van der Waals surface area contributed by atoms with E-state index < -0.39 is 0 Å². The zero-order chi connectivity index (χ0) is 12.1. The van der Waals surface area contributed by atoms with E-state index in [0.717, 1.165) is 18.0 Å². The first-order valence-corrected chi connectivity index (χ1v) is 7.58. The van der Waals surface area contributed by atoms with E-state index in [0.29, 0.717) is 6.10 Å². The van der Waals surface area contributed by atoms with Crippen LogP contribution in [0.3, 0.4) is 0 Å². The van der Waals surface area contributed by atoms with Crippen molar-refractivity contribution in [3.63, 3.8) is 0 Å². The Labute approximate surface area is 107 Å². The zero-order valence-corrected chi connectivity index (χ0v) is 11.6. The van der Waals surface area contributed by atoms with Gasteiger partial charge in [-0.05, 0) is 51.4 Å². The third kappa shape index (κ3) is 3.96. The van der Waals surface area contributed by atoms with E-state index >= 15 is 0 Å². The maximum absolute atomic E-state index is 5.43. The van der Waals surface area contributed by atoms with Crippen molar-refractivity contribution >= 4 is 0 Å². The van der Waals surface area contributed by atoms with Crippen molar-refractivity contribution in [2.24, 2.45) is 5.92 Å². The molecule has 0 spiro atoms. The second kappa shape index (κ2) is 6.75. The Balaban J connectivity index is 1.69. The molecule has 2 aliphatic carbocycles. The summed E-state index contributed by atoms with van der Waals surface area (Å²) >= 11 is 0. The molecule has 2 rings (SSSR count). The summed E-state index contributed by atoms with van der Waals surface area (Å²) in [6.45, 7) is 2.40. The summed E-state index contributed by atoms with van der Waals surface area (Å²) in [7, 11) is 1.85. The molecule has 2 aliphatic rings. The van der Waals surface area contributed by atoms with Gasteiger partial charge in [-0.1, -0.05) is 19.3 Å². The van der Waals surface area contributed by atoms with Crippen LogP contribution in [0.15, 0.2) is 0 Å². The third-order valence-electron chi connectivity index (χ3n) is 4.86. The minimum absolute atomic E-state index is 0.526. The molecule has 1 unspecified atom stereocenters. The molecule has 0 aliphatic heterocycles. The van der Waals surface area contributed by atoms with Crippen molar-refractivity contribution < 1.29 is 4.74 Å². The minimum Gasteiger partial charge on any atom is -0.381 e. The Bertz CT molecular complexity index is 205. The van der Waals surface area contributed by atoms with Gasteiger partial charge in [0.25, 0.3) is 0 Å². The van der Waals surface area contributed by atoms with Gasteiger partial charge in [0, 0.05) is 19.2 Å². The molecule has 2 fully saturated rings. The minimum atomic E-state index is 0.526. The van der Waals surface area contributed by atoms with Gasteiger partial charge in [0.05, 0.1) is 6.10 Å². The lowest BCUT2D eigenvalue weighted by molar-refractivity contribution is 0.0597. The molecular formula is C15H29NO. The second-order valence-corrected chi connectivity index (χ2v) is 6.06. The van der Waals surface area contributed by atoms with Crippen molar-refractivity contribution in [1.29, 1.82) is 0 Å². The van der Waals surface area contributed by atoms with Crippen molar-refractivity contribution in [3.05, 3.63) is 0 Å². The summed E-state index contributed by atoms with van der Waals surface area (Å²) in [5, 5.41) is 3.88. The fraction of sp³-hybridized carbons (Fsp3) is 1.00. The summed E-state index contributed by atoms with van der Waals surface area (Å²) in [5.74, 6) is 0.934. The van der Waals surface area contributed by atoms with E-state index in [2.05, 4.69) is 12.2 Å². The van der Waals surface area contributed by atoms with Gasteiger partial charge in [-0.15, -0.1) is 0 Å². The molecule has 0 heterocycles. The smallest absolute Gasteiger partial charge is 0.0572 e. The Hall–Kier alpha value is -0.0800. The standard InChI is InChI=1S/C15H29NO/c1-12(13-6-4-3-5-7-13)16-14-8-10-15(17-2)11-9-14/h12-16H,3-11H2,1-2H3. The Morgan fingerprint density at radius 3 is 2.18 bits per heavy atom. The highest BCUT2D eigenvalue weighted by molar-refractivity contribution is 4.83. The molecule has 0 amide bonds. The van der Waals surface area contributed by atoms with Gasteiger partial charge in [0.2, 0.25) is 0 Å². The average molecular weight is 239 g/mol. The van der Waals surface area contributed by atoms with Crippen LogP contribution in [0.1, 0.15) is 64.7 Å². The van der Waals surface area contributed by atoms with Gasteiger partial charge in [-0.3, -0.25) is 0 Å². The van der Waals surface area contributed by atoms with Crippen LogP contribution in [0.5, 0.6) is 0 Å². The van der Waals surface area contributed by atoms with Gasteiger partial charge in [0.1, 0.15) is 0 Å². The van der Waals surface area contributed by atoms with Crippen LogP contribution in [0, 0.1) is 5.92 Å². The van der Waals surface area contributed by atoms with E-state index in [1.165, 1.54) is 57.8 Å². The summed E-state index contributed by atoms with van der Waals surface area (Å²) in [6, 6.07) is 1.47. The molecule has 2 nitrogen and oxygen atoms in total. The van der Waals surface area contributed by atoms with Crippen LogP contribution in [-0.4, -0.2) is 25.3 Å². The van der Waals surface area contributed by atoms with Gasteiger partial charge in [0.15, 0.2) is 0 Å². The third-order valence-corrected chi connectivity index (χ3v) is 4.86. The van der Waals surface area contributed by atoms with Gasteiger partial charge < -0.3 is 10.1 Å². The molecule has 100 valence electrons. The first-order valence-electron chi connectivity index (χ1n) is 7.58. The van der Waals surface area contributed by atoms with Crippen LogP contribution >= 0.6 is 0 Å². The molecule has 0 radical (unpaired) electrons. The zero-order valence-electron chi connectivity index (χ0n) is 11.6. The van der Waals surface area contributed by atoms with Gasteiger partial charge >= 0.3 is 0 Å². The molecule has 0 aromatic carbocycles. The number of methoxy groups -OCH3 is 1. The lowest BCUT2D eigenvalue weighted by atomic mass is 9.83. The van der Waals surface area contributed by atoms with E-state index in [4.69, 9.17) is 4.74 Å².